The molecule has 3 amide bonds. The van der Waals surface area contributed by atoms with E-state index in [1.165, 1.54) is 11.8 Å². The molecule has 2 N–H and O–H groups in total. The van der Waals surface area contributed by atoms with Gasteiger partial charge in [-0.3, -0.25) is 14.4 Å². The van der Waals surface area contributed by atoms with Gasteiger partial charge in [-0.05, 0) is 30.3 Å². The van der Waals surface area contributed by atoms with E-state index in [0.717, 1.165) is 0 Å². The Labute approximate surface area is 157 Å². The fourth-order valence-electron chi connectivity index (χ4n) is 3.39. The van der Waals surface area contributed by atoms with Gasteiger partial charge in [0.2, 0.25) is 11.8 Å². The van der Waals surface area contributed by atoms with Crippen LogP contribution in [0.2, 0.25) is 0 Å². The summed E-state index contributed by atoms with van der Waals surface area (Å²) in [4.78, 5) is 39.0. The lowest BCUT2D eigenvalue weighted by Gasteiger charge is -2.28. The zero-order valence-electron chi connectivity index (χ0n) is 15.4. The van der Waals surface area contributed by atoms with Crippen molar-refractivity contribution < 1.29 is 19.1 Å². The van der Waals surface area contributed by atoms with Gasteiger partial charge in [0, 0.05) is 30.9 Å². The molecule has 0 aliphatic carbocycles. The predicted octanol–water partition coefficient (Wildman–Crippen LogP) is 2.03. The van der Waals surface area contributed by atoms with Crippen molar-refractivity contribution >= 4 is 29.1 Å². The molecule has 1 aliphatic rings. The lowest BCUT2D eigenvalue weighted by atomic mass is 9.87. The molecule has 3 rings (SSSR count). The Balaban J connectivity index is 1.90. The number of nitrogens with zero attached hydrogens (tertiary/aromatic N) is 1. The summed E-state index contributed by atoms with van der Waals surface area (Å²) in [5.41, 5.74) is 0.435. The minimum absolute atomic E-state index is 0.210. The van der Waals surface area contributed by atoms with Crippen LogP contribution < -0.4 is 20.3 Å². The molecule has 0 spiro atoms. The van der Waals surface area contributed by atoms with Crippen LogP contribution in [0.3, 0.4) is 0 Å². The SMILES string of the molecule is COc1ccc(NC(=O)CC2(NC(C)=O)C(=O)N(C)c3ccccc32)cc1. The fraction of sp³-hybridized carbons (Fsp3) is 0.250. The summed E-state index contributed by atoms with van der Waals surface area (Å²) < 4.78 is 5.10. The Morgan fingerprint density at radius 2 is 1.78 bits per heavy atom. The molecule has 0 fully saturated rings. The third-order valence-electron chi connectivity index (χ3n) is 4.58. The van der Waals surface area contributed by atoms with Crippen molar-refractivity contribution in [2.24, 2.45) is 0 Å². The third kappa shape index (κ3) is 3.36. The molecular formula is C20H21N3O4. The Kier molecular flexibility index (Phi) is 4.85. The first-order valence-corrected chi connectivity index (χ1v) is 8.47. The Bertz CT molecular complexity index is 894. The smallest absolute Gasteiger partial charge is 0.257 e. The maximum absolute atomic E-state index is 13.0. The lowest BCUT2D eigenvalue weighted by molar-refractivity contribution is -0.133. The number of rotatable bonds is 5. The summed E-state index contributed by atoms with van der Waals surface area (Å²) in [5, 5.41) is 5.48. The maximum Gasteiger partial charge on any atom is 0.257 e. The summed E-state index contributed by atoms with van der Waals surface area (Å²) in [5.74, 6) is -0.439. The van der Waals surface area contributed by atoms with Crippen LogP contribution >= 0.6 is 0 Å². The molecule has 7 nitrogen and oxygen atoms in total. The molecule has 1 unspecified atom stereocenters. The number of nitrogens with one attached hydrogen (secondary N) is 2. The average Bonchev–Trinajstić information content (AvgIpc) is 2.84. The molecule has 2 aromatic rings. The van der Waals surface area contributed by atoms with E-state index >= 15 is 0 Å². The second kappa shape index (κ2) is 7.11. The van der Waals surface area contributed by atoms with E-state index in [4.69, 9.17) is 4.74 Å². The van der Waals surface area contributed by atoms with Crippen LogP contribution in [0, 0.1) is 0 Å². The van der Waals surface area contributed by atoms with Crippen LogP contribution in [0.25, 0.3) is 0 Å². The zero-order valence-corrected chi connectivity index (χ0v) is 15.4. The van der Waals surface area contributed by atoms with Crippen LogP contribution in [-0.2, 0) is 19.9 Å². The molecular weight excluding hydrogens is 346 g/mol. The van der Waals surface area contributed by atoms with Crippen LogP contribution in [0.5, 0.6) is 5.75 Å². The quantitative estimate of drug-likeness (QED) is 0.846. The fourth-order valence-corrected chi connectivity index (χ4v) is 3.39. The number of likely N-dealkylation sites (N-methyl/N-ethyl adjacent to an activating group) is 1. The Morgan fingerprint density at radius 3 is 2.41 bits per heavy atom. The maximum atomic E-state index is 13.0. The first-order valence-electron chi connectivity index (χ1n) is 8.47. The highest BCUT2D eigenvalue weighted by Gasteiger charge is 2.51. The highest BCUT2D eigenvalue weighted by Crippen LogP contribution is 2.41. The van der Waals surface area contributed by atoms with Crippen molar-refractivity contribution in [3.8, 4) is 5.75 Å². The number of hydrogen-bond donors (Lipinski definition) is 2. The van der Waals surface area contributed by atoms with Gasteiger partial charge >= 0.3 is 0 Å². The van der Waals surface area contributed by atoms with E-state index in [1.807, 2.05) is 6.07 Å². The molecule has 0 saturated carbocycles. The molecule has 7 heteroatoms. The zero-order chi connectivity index (χ0) is 19.6. The molecule has 1 atom stereocenters. The Morgan fingerprint density at radius 1 is 1.11 bits per heavy atom. The van der Waals surface area contributed by atoms with Crippen molar-refractivity contribution in [3.05, 3.63) is 54.1 Å². The number of hydrogen-bond acceptors (Lipinski definition) is 4. The van der Waals surface area contributed by atoms with Crippen molar-refractivity contribution in [2.75, 3.05) is 24.4 Å². The Hall–Kier alpha value is -3.35. The van der Waals surface area contributed by atoms with Gasteiger partial charge in [-0.25, -0.2) is 0 Å². The standard InChI is InChI=1S/C20H21N3O4/c1-13(24)22-20(16-6-4-5-7-17(16)23(2)19(20)26)12-18(25)21-14-8-10-15(27-3)11-9-14/h4-11H,12H2,1-3H3,(H,21,25)(H,22,24). The predicted molar refractivity (Wildman–Crippen MR) is 102 cm³/mol. The largest absolute Gasteiger partial charge is 0.497 e. The van der Waals surface area contributed by atoms with Crippen molar-refractivity contribution in [3.63, 3.8) is 0 Å². The van der Waals surface area contributed by atoms with Crippen molar-refractivity contribution in [1.82, 2.24) is 5.32 Å². The van der Waals surface area contributed by atoms with E-state index in [2.05, 4.69) is 10.6 Å². The van der Waals surface area contributed by atoms with Crippen molar-refractivity contribution in [2.45, 2.75) is 18.9 Å². The topological polar surface area (TPSA) is 87.7 Å². The van der Waals surface area contributed by atoms with E-state index in [-0.39, 0.29) is 24.1 Å². The van der Waals surface area contributed by atoms with Crippen molar-refractivity contribution in [1.29, 1.82) is 0 Å². The van der Waals surface area contributed by atoms with Crippen LogP contribution in [0.1, 0.15) is 18.9 Å². The molecule has 1 aliphatic heterocycles. The molecule has 2 aromatic carbocycles. The van der Waals surface area contributed by atoms with Crippen LogP contribution in [0.4, 0.5) is 11.4 Å². The van der Waals surface area contributed by atoms with E-state index < -0.39 is 5.54 Å². The minimum atomic E-state index is -1.42. The summed E-state index contributed by atoms with van der Waals surface area (Å²) >= 11 is 0. The lowest BCUT2D eigenvalue weighted by Crippen LogP contribution is -2.53. The van der Waals surface area contributed by atoms with Crippen LogP contribution in [-0.4, -0.2) is 31.9 Å². The molecule has 0 saturated heterocycles. The van der Waals surface area contributed by atoms with Gasteiger partial charge in [-0.1, -0.05) is 18.2 Å². The third-order valence-corrected chi connectivity index (χ3v) is 4.58. The molecule has 27 heavy (non-hydrogen) atoms. The van der Waals surface area contributed by atoms with Gasteiger partial charge in [0.05, 0.1) is 13.5 Å². The minimum Gasteiger partial charge on any atom is -0.497 e. The van der Waals surface area contributed by atoms with E-state index in [0.29, 0.717) is 22.7 Å². The highest BCUT2D eigenvalue weighted by molar-refractivity contribution is 6.11. The molecule has 140 valence electrons. The number of fused-ring (bicyclic) bond motifs is 1. The van der Waals surface area contributed by atoms with Gasteiger partial charge in [-0.15, -0.1) is 0 Å². The molecule has 0 radical (unpaired) electrons. The molecule has 0 aromatic heterocycles. The number of carbonyl (C=O) groups excluding carboxylic acids is 3. The number of anilines is 2. The van der Waals surface area contributed by atoms with E-state index in [1.54, 1.807) is 56.6 Å². The first kappa shape index (κ1) is 18.4. The van der Waals surface area contributed by atoms with Gasteiger partial charge in [0.1, 0.15) is 5.75 Å². The normalized spacial score (nSPS) is 18.0. The first-order chi connectivity index (χ1) is 12.9. The number of carbonyl (C=O) groups is 3. The summed E-state index contributed by atoms with van der Waals surface area (Å²) in [6.07, 6.45) is -0.210. The summed E-state index contributed by atoms with van der Waals surface area (Å²) in [7, 11) is 3.19. The van der Waals surface area contributed by atoms with Gasteiger partial charge in [0.25, 0.3) is 5.91 Å². The monoisotopic (exact) mass is 367 g/mol. The highest BCUT2D eigenvalue weighted by atomic mass is 16.5. The molecule has 1 heterocycles. The average molecular weight is 367 g/mol. The number of amides is 3. The number of ether oxygens (including phenoxy) is 1. The molecule has 0 bridgehead atoms. The second-order valence-corrected chi connectivity index (χ2v) is 6.42. The second-order valence-electron chi connectivity index (χ2n) is 6.42. The van der Waals surface area contributed by atoms with Gasteiger partial charge in [0.15, 0.2) is 5.54 Å². The number of para-hydroxylation sites is 1. The van der Waals surface area contributed by atoms with Crippen LogP contribution in [0.15, 0.2) is 48.5 Å². The van der Waals surface area contributed by atoms with E-state index in [9.17, 15) is 14.4 Å². The summed E-state index contributed by atoms with van der Waals surface area (Å²) in [6, 6.07) is 14.0. The van der Waals surface area contributed by atoms with Gasteiger partial charge in [-0.2, -0.15) is 0 Å². The number of benzene rings is 2. The number of methoxy groups -OCH3 is 1. The van der Waals surface area contributed by atoms with Gasteiger partial charge < -0.3 is 20.3 Å². The summed E-state index contributed by atoms with van der Waals surface area (Å²) in [6.45, 7) is 1.33.